The SMILES string of the molecule is Cc1nn(C)cc1[C@H]1[C@H]2O[C@H](C[C@@H]2O)[C@@H]1C(=O)Nc1cccc(C(F)(F)F)c1. The first kappa shape index (κ1) is 18.9. The van der Waals surface area contributed by atoms with Gasteiger partial charge < -0.3 is 15.2 Å². The number of aryl methyl sites for hydroxylation is 2. The molecule has 0 spiro atoms. The number of halogens is 3. The molecule has 3 heterocycles. The van der Waals surface area contributed by atoms with Crippen LogP contribution in [0.2, 0.25) is 0 Å². The Hall–Kier alpha value is -2.39. The molecule has 0 radical (unpaired) electrons. The number of benzene rings is 1. The first-order chi connectivity index (χ1) is 13.1. The number of amides is 1. The lowest BCUT2D eigenvalue weighted by molar-refractivity contribution is -0.137. The number of aliphatic hydroxyl groups excluding tert-OH is 1. The number of anilines is 1. The van der Waals surface area contributed by atoms with Crippen LogP contribution in [-0.4, -0.2) is 39.1 Å². The molecule has 2 fully saturated rings. The normalized spacial score (nSPS) is 29.3. The number of fused-ring (bicyclic) bond motifs is 2. The van der Waals surface area contributed by atoms with E-state index in [1.54, 1.807) is 17.9 Å². The van der Waals surface area contributed by atoms with Crippen LogP contribution in [0.1, 0.15) is 29.2 Å². The van der Waals surface area contributed by atoms with Gasteiger partial charge in [0, 0.05) is 31.3 Å². The molecular formula is C19H20F3N3O3. The minimum absolute atomic E-state index is 0.0739. The maximum absolute atomic E-state index is 13.0. The Balaban J connectivity index is 1.62. The van der Waals surface area contributed by atoms with Gasteiger partial charge in [-0.15, -0.1) is 0 Å². The largest absolute Gasteiger partial charge is 0.416 e. The fraction of sp³-hybridized carbons (Fsp3) is 0.474. The second kappa shape index (κ2) is 6.59. The third-order valence-corrected chi connectivity index (χ3v) is 5.50. The van der Waals surface area contributed by atoms with Gasteiger partial charge in [-0.1, -0.05) is 6.07 Å². The topological polar surface area (TPSA) is 76.4 Å². The Morgan fingerprint density at radius 1 is 1.39 bits per heavy atom. The van der Waals surface area contributed by atoms with Crippen molar-refractivity contribution in [3.05, 3.63) is 47.3 Å². The fourth-order valence-electron chi connectivity index (χ4n) is 4.36. The first-order valence-corrected chi connectivity index (χ1v) is 8.97. The van der Waals surface area contributed by atoms with E-state index in [-0.39, 0.29) is 5.69 Å². The average molecular weight is 395 g/mol. The summed E-state index contributed by atoms with van der Waals surface area (Å²) in [5.74, 6) is -1.45. The average Bonchev–Trinajstić information content (AvgIpc) is 3.25. The van der Waals surface area contributed by atoms with Crippen molar-refractivity contribution in [3.8, 4) is 0 Å². The Kier molecular flexibility index (Phi) is 4.46. The highest BCUT2D eigenvalue weighted by molar-refractivity contribution is 5.94. The Morgan fingerprint density at radius 3 is 2.79 bits per heavy atom. The van der Waals surface area contributed by atoms with Crippen LogP contribution >= 0.6 is 0 Å². The van der Waals surface area contributed by atoms with E-state index in [1.165, 1.54) is 12.1 Å². The van der Waals surface area contributed by atoms with Gasteiger partial charge >= 0.3 is 6.18 Å². The number of hydrogen-bond acceptors (Lipinski definition) is 4. The maximum atomic E-state index is 13.0. The van der Waals surface area contributed by atoms with Crippen molar-refractivity contribution in [1.82, 2.24) is 9.78 Å². The minimum atomic E-state index is -4.49. The van der Waals surface area contributed by atoms with Gasteiger partial charge in [0.15, 0.2) is 0 Å². The van der Waals surface area contributed by atoms with Crippen molar-refractivity contribution in [2.45, 2.75) is 43.8 Å². The van der Waals surface area contributed by atoms with Crippen molar-refractivity contribution in [3.63, 3.8) is 0 Å². The van der Waals surface area contributed by atoms with Gasteiger partial charge in [-0.2, -0.15) is 18.3 Å². The van der Waals surface area contributed by atoms with E-state index >= 15 is 0 Å². The molecule has 0 aliphatic carbocycles. The number of ether oxygens (including phenoxy) is 1. The lowest BCUT2D eigenvalue weighted by Gasteiger charge is -2.29. The molecule has 2 N–H and O–H groups in total. The van der Waals surface area contributed by atoms with E-state index < -0.39 is 47.8 Å². The zero-order valence-electron chi connectivity index (χ0n) is 15.3. The molecule has 28 heavy (non-hydrogen) atoms. The lowest BCUT2D eigenvalue weighted by atomic mass is 9.74. The Bertz CT molecular complexity index is 911. The molecule has 2 aliphatic rings. The molecule has 2 bridgehead atoms. The number of aliphatic hydroxyl groups is 1. The van der Waals surface area contributed by atoms with Gasteiger partial charge in [-0.25, -0.2) is 0 Å². The summed E-state index contributed by atoms with van der Waals surface area (Å²) in [5, 5.41) is 17.2. The lowest BCUT2D eigenvalue weighted by Crippen LogP contribution is -2.41. The predicted octanol–water partition coefficient (Wildman–Crippen LogP) is 2.62. The zero-order chi connectivity index (χ0) is 20.2. The smallest absolute Gasteiger partial charge is 0.390 e. The van der Waals surface area contributed by atoms with Gasteiger partial charge in [0.1, 0.15) is 0 Å². The number of carbonyl (C=O) groups excluding carboxylic acids is 1. The molecule has 1 aromatic carbocycles. The summed E-state index contributed by atoms with van der Waals surface area (Å²) < 4.78 is 46.3. The second-order valence-electron chi connectivity index (χ2n) is 7.41. The van der Waals surface area contributed by atoms with Gasteiger partial charge in [0.2, 0.25) is 5.91 Å². The number of hydrogen-bond donors (Lipinski definition) is 2. The zero-order valence-corrected chi connectivity index (χ0v) is 15.3. The van der Waals surface area contributed by atoms with Crippen LogP contribution in [0.25, 0.3) is 0 Å². The quantitative estimate of drug-likeness (QED) is 0.838. The van der Waals surface area contributed by atoms with Crippen molar-refractivity contribution < 1.29 is 27.8 Å². The summed E-state index contributed by atoms with van der Waals surface area (Å²) in [5.41, 5.74) is 0.778. The summed E-state index contributed by atoms with van der Waals surface area (Å²) in [6.07, 6.45) is -4.09. The second-order valence-corrected chi connectivity index (χ2v) is 7.41. The fourth-order valence-corrected chi connectivity index (χ4v) is 4.36. The van der Waals surface area contributed by atoms with Crippen LogP contribution in [0.4, 0.5) is 18.9 Å². The molecule has 6 nitrogen and oxygen atoms in total. The van der Waals surface area contributed by atoms with Gasteiger partial charge in [-0.05, 0) is 30.7 Å². The third-order valence-electron chi connectivity index (χ3n) is 5.50. The molecule has 0 unspecified atom stereocenters. The molecule has 2 aliphatic heterocycles. The molecule has 9 heteroatoms. The summed E-state index contributed by atoms with van der Waals surface area (Å²) in [6.45, 7) is 1.81. The highest BCUT2D eigenvalue weighted by Gasteiger charge is 2.57. The maximum Gasteiger partial charge on any atom is 0.416 e. The molecule has 0 saturated carbocycles. The molecule has 1 aromatic heterocycles. The molecule has 2 aromatic rings. The van der Waals surface area contributed by atoms with Gasteiger partial charge in [0.05, 0.1) is 35.5 Å². The van der Waals surface area contributed by atoms with E-state index in [9.17, 15) is 23.1 Å². The van der Waals surface area contributed by atoms with E-state index in [0.29, 0.717) is 6.42 Å². The number of carbonyl (C=O) groups is 1. The van der Waals surface area contributed by atoms with E-state index in [1.807, 2.05) is 6.92 Å². The van der Waals surface area contributed by atoms with E-state index in [4.69, 9.17) is 4.74 Å². The monoisotopic (exact) mass is 395 g/mol. The first-order valence-electron chi connectivity index (χ1n) is 8.97. The van der Waals surface area contributed by atoms with Gasteiger partial charge in [0.25, 0.3) is 0 Å². The Labute approximate surface area is 159 Å². The molecule has 5 atom stereocenters. The van der Waals surface area contributed by atoms with Crippen LogP contribution < -0.4 is 5.32 Å². The van der Waals surface area contributed by atoms with Gasteiger partial charge in [-0.3, -0.25) is 9.48 Å². The van der Waals surface area contributed by atoms with Crippen LogP contribution in [0.5, 0.6) is 0 Å². The molecule has 2 saturated heterocycles. The Morgan fingerprint density at radius 2 is 2.14 bits per heavy atom. The number of nitrogens with zero attached hydrogens (tertiary/aromatic N) is 2. The summed E-state index contributed by atoms with van der Waals surface area (Å²) in [7, 11) is 1.76. The van der Waals surface area contributed by atoms with E-state index in [2.05, 4.69) is 10.4 Å². The molecular weight excluding hydrogens is 375 g/mol. The molecule has 4 rings (SSSR count). The number of aromatic nitrogens is 2. The summed E-state index contributed by atoms with van der Waals surface area (Å²) >= 11 is 0. The van der Waals surface area contributed by atoms with Crippen molar-refractivity contribution >= 4 is 11.6 Å². The predicted molar refractivity (Wildman–Crippen MR) is 93.5 cm³/mol. The van der Waals surface area contributed by atoms with Crippen molar-refractivity contribution in [2.24, 2.45) is 13.0 Å². The highest BCUT2D eigenvalue weighted by Crippen LogP contribution is 2.50. The third kappa shape index (κ3) is 3.18. The summed E-state index contributed by atoms with van der Waals surface area (Å²) in [4.78, 5) is 13.0. The number of alkyl halides is 3. The number of nitrogens with one attached hydrogen (secondary N) is 1. The van der Waals surface area contributed by atoms with Crippen molar-refractivity contribution in [1.29, 1.82) is 0 Å². The minimum Gasteiger partial charge on any atom is -0.390 e. The van der Waals surface area contributed by atoms with Crippen LogP contribution in [0.3, 0.4) is 0 Å². The number of rotatable bonds is 3. The van der Waals surface area contributed by atoms with Crippen LogP contribution in [0, 0.1) is 12.8 Å². The van der Waals surface area contributed by atoms with E-state index in [0.717, 1.165) is 23.4 Å². The van der Waals surface area contributed by atoms with Crippen LogP contribution in [-0.2, 0) is 22.8 Å². The molecule has 150 valence electrons. The van der Waals surface area contributed by atoms with Crippen LogP contribution in [0.15, 0.2) is 30.5 Å². The standard InChI is InChI=1S/C19H20F3N3O3/c1-9-12(8-25(2)24-9)15-16(14-7-13(26)17(15)28-14)18(27)23-11-5-3-4-10(6-11)19(20,21)22/h3-6,8,13-17,26H,7H2,1-2H3,(H,23,27)/t13-,14+,15+,16-,17-/m0/s1. The van der Waals surface area contributed by atoms with Crippen molar-refractivity contribution in [2.75, 3.05) is 5.32 Å². The summed E-state index contributed by atoms with van der Waals surface area (Å²) in [6, 6.07) is 4.53. The molecule has 1 amide bonds. The highest BCUT2D eigenvalue weighted by atomic mass is 19.4.